The summed E-state index contributed by atoms with van der Waals surface area (Å²) >= 11 is 0. The van der Waals surface area contributed by atoms with E-state index in [2.05, 4.69) is 10.3 Å². The maximum atomic E-state index is 9.86. The van der Waals surface area contributed by atoms with Gasteiger partial charge < -0.3 is 15.2 Å². The summed E-state index contributed by atoms with van der Waals surface area (Å²) in [7, 11) is 0. The Kier molecular flexibility index (Phi) is 5.32. The minimum absolute atomic E-state index is 0.174. The first-order chi connectivity index (χ1) is 15.7. The summed E-state index contributed by atoms with van der Waals surface area (Å²) < 4.78 is 6.01. The van der Waals surface area contributed by atoms with Crippen molar-refractivity contribution < 1.29 is 9.84 Å². The van der Waals surface area contributed by atoms with Gasteiger partial charge in [0, 0.05) is 35.1 Å². The van der Waals surface area contributed by atoms with Crippen molar-refractivity contribution in [2.24, 2.45) is 0 Å². The van der Waals surface area contributed by atoms with Gasteiger partial charge in [0.25, 0.3) is 0 Å². The number of benzene rings is 3. The molecule has 0 radical (unpaired) electrons. The molecule has 6 nitrogen and oxygen atoms in total. The predicted molar refractivity (Wildman–Crippen MR) is 125 cm³/mol. The van der Waals surface area contributed by atoms with Gasteiger partial charge in [-0.2, -0.15) is 0 Å². The Morgan fingerprint density at radius 3 is 2.56 bits per heavy atom. The second kappa shape index (κ2) is 8.73. The third kappa shape index (κ3) is 4.34. The standard InChI is InChI=1S/C26H20N4O2/c31-21-10-4-9-20(14-21)28-26-23-15-22(32-17-18-6-2-1-3-7-18)11-12-24(23)29-25(30-26)19-8-5-13-27-16-19/h1-16,31H,17H2,(H,28,29,30). The van der Waals surface area contributed by atoms with Crippen molar-refractivity contribution in [2.75, 3.05) is 5.32 Å². The number of fused-ring (bicyclic) bond motifs is 1. The number of phenolic OH excluding ortho intramolecular Hbond substituents is 1. The van der Waals surface area contributed by atoms with Crippen LogP contribution in [0.3, 0.4) is 0 Å². The first-order valence-electron chi connectivity index (χ1n) is 10.2. The zero-order chi connectivity index (χ0) is 21.8. The van der Waals surface area contributed by atoms with Gasteiger partial charge in [-0.1, -0.05) is 36.4 Å². The van der Waals surface area contributed by atoms with Crippen molar-refractivity contribution in [3.8, 4) is 22.9 Å². The third-order valence-electron chi connectivity index (χ3n) is 4.94. The van der Waals surface area contributed by atoms with Crippen LogP contribution in [0.1, 0.15) is 5.56 Å². The maximum Gasteiger partial charge on any atom is 0.163 e. The van der Waals surface area contributed by atoms with Crippen LogP contribution in [0.25, 0.3) is 22.3 Å². The Bertz CT molecular complexity index is 1360. The Hall–Kier alpha value is -4.45. The Morgan fingerprint density at radius 1 is 0.844 bits per heavy atom. The van der Waals surface area contributed by atoms with Gasteiger partial charge in [-0.15, -0.1) is 0 Å². The molecule has 5 aromatic rings. The number of hydrogen-bond acceptors (Lipinski definition) is 6. The van der Waals surface area contributed by atoms with Crippen LogP contribution < -0.4 is 10.1 Å². The summed E-state index contributed by atoms with van der Waals surface area (Å²) in [6.45, 7) is 0.469. The van der Waals surface area contributed by atoms with Crippen molar-refractivity contribution in [3.05, 3.63) is 103 Å². The molecule has 0 saturated heterocycles. The van der Waals surface area contributed by atoms with Gasteiger partial charge in [-0.05, 0) is 48.0 Å². The first kappa shape index (κ1) is 19.5. The van der Waals surface area contributed by atoms with Crippen molar-refractivity contribution >= 4 is 22.4 Å². The molecule has 6 heteroatoms. The van der Waals surface area contributed by atoms with Crippen LogP contribution in [-0.4, -0.2) is 20.1 Å². The number of nitrogens with one attached hydrogen (secondary N) is 1. The molecule has 0 atom stereocenters. The molecule has 3 aromatic carbocycles. The Morgan fingerprint density at radius 2 is 1.75 bits per heavy atom. The van der Waals surface area contributed by atoms with E-state index in [1.54, 1.807) is 30.6 Å². The molecule has 0 aliphatic rings. The van der Waals surface area contributed by atoms with Crippen molar-refractivity contribution in [1.29, 1.82) is 0 Å². The van der Waals surface area contributed by atoms with Crippen LogP contribution in [0.15, 0.2) is 97.3 Å². The van der Waals surface area contributed by atoms with E-state index >= 15 is 0 Å². The minimum Gasteiger partial charge on any atom is -0.508 e. The Balaban J connectivity index is 1.55. The number of rotatable bonds is 6. The normalized spacial score (nSPS) is 10.8. The van der Waals surface area contributed by atoms with Crippen LogP contribution in [0.2, 0.25) is 0 Å². The Labute approximate surface area is 185 Å². The molecule has 0 fully saturated rings. The van der Waals surface area contributed by atoms with Gasteiger partial charge in [0.05, 0.1) is 5.52 Å². The molecule has 0 unspecified atom stereocenters. The number of aromatic hydroxyl groups is 1. The lowest BCUT2D eigenvalue weighted by atomic mass is 10.2. The van der Waals surface area contributed by atoms with Crippen molar-refractivity contribution in [3.63, 3.8) is 0 Å². The van der Waals surface area contributed by atoms with Crippen LogP contribution in [0, 0.1) is 0 Å². The second-order valence-corrected chi connectivity index (χ2v) is 7.27. The largest absolute Gasteiger partial charge is 0.508 e. The predicted octanol–water partition coefficient (Wildman–Crippen LogP) is 5.72. The summed E-state index contributed by atoms with van der Waals surface area (Å²) in [5.74, 6) is 2.07. The lowest BCUT2D eigenvalue weighted by Crippen LogP contribution is -2.00. The third-order valence-corrected chi connectivity index (χ3v) is 4.94. The lowest BCUT2D eigenvalue weighted by molar-refractivity contribution is 0.306. The van der Waals surface area contributed by atoms with E-state index in [1.807, 2.05) is 66.7 Å². The van der Waals surface area contributed by atoms with Gasteiger partial charge in [-0.3, -0.25) is 4.98 Å². The zero-order valence-electron chi connectivity index (χ0n) is 17.1. The molecule has 0 amide bonds. The molecule has 0 aliphatic carbocycles. The van der Waals surface area contributed by atoms with E-state index in [-0.39, 0.29) is 5.75 Å². The van der Waals surface area contributed by atoms with E-state index in [0.717, 1.165) is 33.5 Å². The van der Waals surface area contributed by atoms with Crippen molar-refractivity contribution in [1.82, 2.24) is 15.0 Å². The number of nitrogens with zero attached hydrogens (tertiary/aromatic N) is 3. The molecular weight excluding hydrogens is 400 g/mol. The van der Waals surface area contributed by atoms with Gasteiger partial charge >= 0.3 is 0 Å². The molecule has 0 spiro atoms. The van der Waals surface area contributed by atoms with Crippen LogP contribution in [-0.2, 0) is 6.61 Å². The number of hydrogen-bond donors (Lipinski definition) is 2. The summed E-state index contributed by atoms with van der Waals surface area (Å²) in [6, 6.07) is 26.5. The highest BCUT2D eigenvalue weighted by Gasteiger charge is 2.12. The highest BCUT2D eigenvalue weighted by molar-refractivity contribution is 5.93. The van der Waals surface area contributed by atoms with E-state index in [4.69, 9.17) is 14.7 Å². The van der Waals surface area contributed by atoms with Crippen molar-refractivity contribution in [2.45, 2.75) is 6.61 Å². The average Bonchev–Trinajstić information content (AvgIpc) is 2.84. The molecule has 32 heavy (non-hydrogen) atoms. The number of phenols is 1. The summed E-state index contributed by atoms with van der Waals surface area (Å²) in [4.78, 5) is 13.7. The molecule has 0 aliphatic heterocycles. The highest BCUT2D eigenvalue weighted by Crippen LogP contribution is 2.31. The fourth-order valence-corrected chi connectivity index (χ4v) is 3.38. The summed E-state index contributed by atoms with van der Waals surface area (Å²) in [6.07, 6.45) is 3.45. The number of aromatic nitrogens is 3. The second-order valence-electron chi connectivity index (χ2n) is 7.27. The zero-order valence-corrected chi connectivity index (χ0v) is 17.1. The monoisotopic (exact) mass is 420 g/mol. The van der Waals surface area contributed by atoms with Gasteiger partial charge in [0.2, 0.25) is 0 Å². The molecular formula is C26H20N4O2. The molecule has 156 valence electrons. The lowest BCUT2D eigenvalue weighted by Gasteiger charge is -2.13. The average molecular weight is 420 g/mol. The number of anilines is 2. The fourth-order valence-electron chi connectivity index (χ4n) is 3.38. The quantitative estimate of drug-likeness (QED) is 0.366. The topological polar surface area (TPSA) is 80.2 Å². The molecule has 2 aromatic heterocycles. The van der Waals surface area contributed by atoms with Crippen LogP contribution in [0.5, 0.6) is 11.5 Å². The molecule has 0 bridgehead atoms. The summed E-state index contributed by atoms with van der Waals surface area (Å²) in [5.41, 5.74) is 3.40. The maximum absolute atomic E-state index is 9.86. The molecule has 2 heterocycles. The van der Waals surface area contributed by atoms with E-state index in [9.17, 15) is 5.11 Å². The van der Waals surface area contributed by atoms with E-state index in [1.165, 1.54) is 0 Å². The fraction of sp³-hybridized carbons (Fsp3) is 0.0385. The smallest absolute Gasteiger partial charge is 0.163 e. The number of ether oxygens (including phenoxy) is 1. The van der Waals surface area contributed by atoms with E-state index < -0.39 is 0 Å². The number of pyridine rings is 1. The van der Waals surface area contributed by atoms with Crippen LogP contribution >= 0.6 is 0 Å². The first-order valence-corrected chi connectivity index (χ1v) is 10.2. The van der Waals surface area contributed by atoms with Gasteiger partial charge in [0.15, 0.2) is 5.82 Å². The minimum atomic E-state index is 0.174. The van der Waals surface area contributed by atoms with E-state index in [0.29, 0.717) is 18.2 Å². The summed E-state index contributed by atoms with van der Waals surface area (Å²) in [5, 5.41) is 14.0. The highest BCUT2D eigenvalue weighted by atomic mass is 16.5. The SMILES string of the molecule is Oc1cccc(Nc2nc(-c3cccnc3)nc3ccc(OCc4ccccc4)cc23)c1. The van der Waals surface area contributed by atoms with Gasteiger partial charge in [-0.25, -0.2) is 9.97 Å². The van der Waals surface area contributed by atoms with Crippen LogP contribution in [0.4, 0.5) is 11.5 Å². The molecule has 2 N–H and O–H groups in total. The molecule has 5 rings (SSSR count). The molecule has 0 saturated carbocycles. The van der Waals surface area contributed by atoms with Gasteiger partial charge in [0.1, 0.15) is 23.9 Å².